The lowest BCUT2D eigenvalue weighted by Crippen LogP contribution is -2.39. The van der Waals surface area contributed by atoms with Crippen molar-refractivity contribution < 1.29 is 23.1 Å². The fourth-order valence-electron chi connectivity index (χ4n) is 1.95. The van der Waals surface area contributed by atoms with E-state index in [9.17, 15) is 13.2 Å². The number of methoxy groups -OCH3 is 1. The van der Waals surface area contributed by atoms with Crippen molar-refractivity contribution in [3.05, 3.63) is 22.7 Å². The molecule has 1 aromatic carbocycles. The Balaban J connectivity index is 2.51. The van der Waals surface area contributed by atoms with E-state index in [0.29, 0.717) is 0 Å². The molecular weight excluding hydrogens is 306 g/mol. The molecule has 0 spiro atoms. The van der Waals surface area contributed by atoms with Gasteiger partial charge in [-0.3, -0.25) is 0 Å². The Bertz CT molecular complexity index is 639. The second-order valence-corrected chi connectivity index (χ2v) is 6.66. The van der Waals surface area contributed by atoms with Gasteiger partial charge < -0.3 is 9.84 Å². The summed E-state index contributed by atoms with van der Waals surface area (Å²) in [6, 6.07) is 2.23. The Hall–Kier alpha value is -1.31. The molecule has 110 valence electrons. The third kappa shape index (κ3) is 2.89. The first-order chi connectivity index (χ1) is 9.35. The molecule has 0 unspecified atom stereocenters. The highest BCUT2D eigenvalue weighted by Gasteiger charge is 2.29. The number of carboxylic acid groups (broad SMARTS) is 1. The standard InChI is InChI=1S/C12H14ClNO5S/c1-19-11-9(12(15)16)5-7(13)6-10(11)20(17,18)14-8-3-2-4-8/h5-6,8,14H,2-4H2,1H3,(H,15,16). The van der Waals surface area contributed by atoms with E-state index in [4.69, 9.17) is 21.4 Å². The lowest BCUT2D eigenvalue weighted by atomic mass is 9.94. The molecule has 0 bridgehead atoms. The molecule has 8 heteroatoms. The fraction of sp³-hybridized carbons (Fsp3) is 0.417. The van der Waals surface area contributed by atoms with Crippen molar-refractivity contribution in [3.63, 3.8) is 0 Å². The van der Waals surface area contributed by atoms with E-state index in [1.54, 1.807) is 0 Å². The van der Waals surface area contributed by atoms with E-state index in [2.05, 4.69) is 4.72 Å². The number of carbonyl (C=O) groups is 1. The Kier molecular flexibility index (Phi) is 4.22. The first kappa shape index (κ1) is 15.1. The number of ether oxygens (including phenoxy) is 1. The van der Waals surface area contributed by atoms with Crippen molar-refractivity contribution in [2.45, 2.75) is 30.2 Å². The van der Waals surface area contributed by atoms with Crippen molar-refractivity contribution in [1.29, 1.82) is 0 Å². The predicted octanol–water partition coefficient (Wildman–Crippen LogP) is 1.88. The second-order valence-electron chi connectivity index (χ2n) is 4.54. The van der Waals surface area contributed by atoms with Gasteiger partial charge in [0, 0.05) is 11.1 Å². The van der Waals surface area contributed by atoms with Crippen molar-refractivity contribution >= 4 is 27.6 Å². The van der Waals surface area contributed by atoms with Crippen LogP contribution in [0, 0.1) is 0 Å². The van der Waals surface area contributed by atoms with Crippen molar-refractivity contribution in [3.8, 4) is 5.75 Å². The second kappa shape index (κ2) is 5.59. The summed E-state index contributed by atoms with van der Waals surface area (Å²) in [5, 5.41) is 9.12. The topological polar surface area (TPSA) is 92.7 Å². The summed E-state index contributed by atoms with van der Waals surface area (Å²) in [5.41, 5.74) is -0.283. The minimum absolute atomic E-state index is 0.0252. The Morgan fingerprint density at radius 3 is 2.55 bits per heavy atom. The maximum atomic E-state index is 12.3. The van der Waals surface area contributed by atoms with Crippen LogP contribution in [0.15, 0.2) is 17.0 Å². The van der Waals surface area contributed by atoms with Crippen LogP contribution in [0.2, 0.25) is 5.02 Å². The maximum absolute atomic E-state index is 12.3. The molecular formula is C12H14ClNO5S. The van der Waals surface area contributed by atoms with Gasteiger partial charge in [0.2, 0.25) is 10.0 Å². The van der Waals surface area contributed by atoms with Crippen molar-refractivity contribution in [2.75, 3.05) is 7.11 Å². The predicted molar refractivity (Wildman–Crippen MR) is 72.9 cm³/mol. The van der Waals surface area contributed by atoms with E-state index in [-0.39, 0.29) is 27.3 Å². The molecule has 1 aromatic rings. The number of sulfonamides is 1. The summed E-state index contributed by atoms with van der Waals surface area (Å²) in [6.07, 6.45) is 2.52. The zero-order valence-electron chi connectivity index (χ0n) is 10.7. The van der Waals surface area contributed by atoms with Crippen molar-refractivity contribution in [2.24, 2.45) is 0 Å². The highest BCUT2D eigenvalue weighted by Crippen LogP contribution is 2.32. The summed E-state index contributed by atoms with van der Waals surface area (Å²) in [6.45, 7) is 0. The zero-order valence-corrected chi connectivity index (χ0v) is 12.3. The number of hydrogen-bond acceptors (Lipinski definition) is 4. The van der Waals surface area contributed by atoms with Crippen LogP contribution in [0.4, 0.5) is 0 Å². The molecule has 1 fully saturated rings. The normalized spacial score (nSPS) is 15.7. The van der Waals surface area contributed by atoms with Crippen LogP contribution in [-0.2, 0) is 10.0 Å². The van der Waals surface area contributed by atoms with Gasteiger partial charge in [0.1, 0.15) is 10.5 Å². The summed E-state index contributed by atoms with van der Waals surface area (Å²) < 4.78 is 32.1. The molecule has 20 heavy (non-hydrogen) atoms. The molecule has 0 saturated heterocycles. The number of halogens is 1. The minimum atomic E-state index is -3.86. The van der Waals surface area contributed by atoms with Crippen LogP contribution in [-0.4, -0.2) is 32.6 Å². The number of carboxylic acids is 1. The third-order valence-electron chi connectivity index (χ3n) is 3.17. The van der Waals surface area contributed by atoms with Crippen LogP contribution in [0.25, 0.3) is 0 Å². The van der Waals surface area contributed by atoms with Gasteiger partial charge in [-0.2, -0.15) is 0 Å². The molecule has 1 saturated carbocycles. The smallest absolute Gasteiger partial charge is 0.339 e. The number of benzene rings is 1. The molecule has 1 aliphatic carbocycles. The lowest BCUT2D eigenvalue weighted by molar-refractivity contribution is 0.0693. The average Bonchev–Trinajstić information content (AvgIpc) is 2.33. The molecule has 2 N–H and O–H groups in total. The monoisotopic (exact) mass is 319 g/mol. The van der Waals surface area contributed by atoms with Crippen LogP contribution in [0.3, 0.4) is 0 Å². The number of hydrogen-bond donors (Lipinski definition) is 2. The number of rotatable bonds is 5. The number of aromatic carboxylic acids is 1. The molecule has 0 radical (unpaired) electrons. The van der Waals surface area contributed by atoms with Gasteiger partial charge in [0.05, 0.1) is 7.11 Å². The fourth-order valence-corrected chi connectivity index (χ4v) is 3.75. The number of nitrogens with one attached hydrogen (secondary N) is 1. The van der Waals surface area contributed by atoms with Crippen LogP contribution < -0.4 is 9.46 Å². The van der Waals surface area contributed by atoms with Crippen LogP contribution in [0.5, 0.6) is 5.75 Å². The molecule has 6 nitrogen and oxygen atoms in total. The minimum Gasteiger partial charge on any atom is -0.494 e. The first-order valence-electron chi connectivity index (χ1n) is 5.98. The van der Waals surface area contributed by atoms with Gasteiger partial charge in [0.25, 0.3) is 0 Å². The summed E-state index contributed by atoms with van der Waals surface area (Å²) >= 11 is 5.80. The average molecular weight is 320 g/mol. The lowest BCUT2D eigenvalue weighted by Gasteiger charge is -2.26. The largest absolute Gasteiger partial charge is 0.494 e. The Labute approximate surface area is 121 Å². The van der Waals surface area contributed by atoms with E-state index in [1.165, 1.54) is 13.2 Å². The van der Waals surface area contributed by atoms with E-state index in [1.807, 2.05) is 0 Å². The van der Waals surface area contributed by atoms with Gasteiger partial charge >= 0.3 is 5.97 Å². The quantitative estimate of drug-likeness (QED) is 0.864. The molecule has 0 aromatic heterocycles. The van der Waals surface area contributed by atoms with Gasteiger partial charge in [-0.1, -0.05) is 18.0 Å². The van der Waals surface area contributed by atoms with Gasteiger partial charge in [-0.15, -0.1) is 0 Å². The van der Waals surface area contributed by atoms with Crippen LogP contribution >= 0.6 is 11.6 Å². The highest BCUT2D eigenvalue weighted by atomic mass is 35.5. The summed E-state index contributed by atoms with van der Waals surface area (Å²) in [7, 11) is -2.64. The van der Waals surface area contributed by atoms with Gasteiger partial charge in [-0.05, 0) is 25.0 Å². The Morgan fingerprint density at radius 1 is 1.45 bits per heavy atom. The molecule has 1 aliphatic rings. The third-order valence-corrected chi connectivity index (χ3v) is 4.91. The molecule has 2 rings (SSSR count). The van der Waals surface area contributed by atoms with E-state index >= 15 is 0 Å². The van der Waals surface area contributed by atoms with E-state index < -0.39 is 16.0 Å². The summed E-state index contributed by atoms with van der Waals surface area (Å²) in [4.78, 5) is 10.9. The van der Waals surface area contributed by atoms with E-state index in [0.717, 1.165) is 25.3 Å². The highest BCUT2D eigenvalue weighted by molar-refractivity contribution is 7.89. The maximum Gasteiger partial charge on any atom is 0.339 e. The van der Waals surface area contributed by atoms with Gasteiger partial charge in [-0.25, -0.2) is 17.9 Å². The molecule has 0 atom stereocenters. The Morgan fingerprint density at radius 2 is 2.10 bits per heavy atom. The first-order valence-corrected chi connectivity index (χ1v) is 7.84. The molecule has 0 heterocycles. The summed E-state index contributed by atoms with van der Waals surface area (Å²) in [5.74, 6) is -1.52. The molecule has 0 aliphatic heterocycles. The SMILES string of the molecule is COc1c(C(=O)O)cc(Cl)cc1S(=O)(=O)NC1CCC1. The van der Waals surface area contributed by atoms with Gasteiger partial charge in [0.15, 0.2) is 5.75 Å². The zero-order chi connectivity index (χ0) is 14.9. The molecule has 0 amide bonds. The van der Waals surface area contributed by atoms with Crippen molar-refractivity contribution in [1.82, 2.24) is 4.72 Å². The van der Waals surface area contributed by atoms with Crippen LogP contribution in [0.1, 0.15) is 29.6 Å².